The second-order valence-corrected chi connectivity index (χ2v) is 5.85. The van der Waals surface area contributed by atoms with Gasteiger partial charge in [-0.2, -0.15) is 0 Å². The van der Waals surface area contributed by atoms with Crippen molar-refractivity contribution in [3.63, 3.8) is 0 Å². The van der Waals surface area contributed by atoms with E-state index in [9.17, 15) is 14.0 Å². The molecule has 2 N–H and O–H groups in total. The Kier molecular flexibility index (Phi) is 5.50. The van der Waals surface area contributed by atoms with Crippen LogP contribution in [0.1, 0.15) is 29.5 Å². The van der Waals surface area contributed by atoms with Crippen LogP contribution in [0.3, 0.4) is 0 Å². The van der Waals surface area contributed by atoms with Crippen LogP contribution in [0.2, 0.25) is 5.02 Å². The molecule has 0 radical (unpaired) electrons. The fourth-order valence-electron chi connectivity index (χ4n) is 2.12. The standard InChI is InChI=1S/C15H16ClFN4O3/c1-8(5-13(22)23)7-18-15(24)14-9(2)21(20-19-14)10-3-4-12(17)11(16)6-10/h3-4,6,8H,5,7H2,1-2H3,(H,18,24)(H,22,23). The van der Waals surface area contributed by atoms with E-state index in [1.54, 1.807) is 13.8 Å². The summed E-state index contributed by atoms with van der Waals surface area (Å²) >= 11 is 5.75. The SMILES string of the molecule is Cc1c(C(=O)NCC(C)CC(=O)O)nnn1-c1ccc(F)c(Cl)c1. The first-order valence-corrected chi connectivity index (χ1v) is 7.55. The quantitative estimate of drug-likeness (QED) is 0.829. The Bertz CT molecular complexity index is 778. The minimum Gasteiger partial charge on any atom is -0.481 e. The predicted octanol–water partition coefficient (Wildman–Crippen LogP) is 2.21. The number of carboxylic acid groups (broad SMARTS) is 1. The summed E-state index contributed by atoms with van der Waals surface area (Å²) in [5.41, 5.74) is 1.05. The maximum Gasteiger partial charge on any atom is 0.303 e. The Labute approximate surface area is 142 Å². The minimum atomic E-state index is -0.924. The number of carboxylic acids is 1. The van der Waals surface area contributed by atoms with Gasteiger partial charge in [0.1, 0.15) is 5.82 Å². The third kappa shape index (κ3) is 4.08. The number of halogens is 2. The van der Waals surface area contributed by atoms with Gasteiger partial charge in [0, 0.05) is 13.0 Å². The highest BCUT2D eigenvalue weighted by Gasteiger charge is 2.18. The lowest BCUT2D eigenvalue weighted by atomic mass is 10.1. The van der Waals surface area contributed by atoms with Crippen molar-refractivity contribution in [3.05, 3.63) is 40.4 Å². The molecule has 0 aliphatic carbocycles. The zero-order chi connectivity index (χ0) is 17.9. The summed E-state index contributed by atoms with van der Waals surface area (Å²) in [6, 6.07) is 4.06. The number of aromatic nitrogens is 3. The van der Waals surface area contributed by atoms with E-state index in [1.165, 1.54) is 22.9 Å². The molecule has 0 spiro atoms. The van der Waals surface area contributed by atoms with E-state index in [0.29, 0.717) is 11.4 Å². The van der Waals surface area contributed by atoms with Gasteiger partial charge in [-0.05, 0) is 31.0 Å². The van der Waals surface area contributed by atoms with Crippen molar-refractivity contribution < 1.29 is 19.1 Å². The molecule has 1 heterocycles. The summed E-state index contributed by atoms with van der Waals surface area (Å²) in [5.74, 6) is -2.14. The van der Waals surface area contributed by atoms with Gasteiger partial charge in [-0.15, -0.1) is 5.10 Å². The highest BCUT2D eigenvalue weighted by atomic mass is 35.5. The lowest BCUT2D eigenvalue weighted by Crippen LogP contribution is -2.30. The number of nitrogens with one attached hydrogen (secondary N) is 1. The van der Waals surface area contributed by atoms with E-state index < -0.39 is 17.7 Å². The van der Waals surface area contributed by atoms with Crippen LogP contribution in [0.25, 0.3) is 5.69 Å². The number of amides is 1. The molecule has 0 aliphatic heterocycles. The first kappa shape index (κ1) is 17.9. The van der Waals surface area contributed by atoms with Gasteiger partial charge in [-0.3, -0.25) is 9.59 Å². The van der Waals surface area contributed by atoms with Crippen LogP contribution >= 0.6 is 11.6 Å². The van der Waals surface area contributed by atoms with Crippen molar-refractivity contribution in [2.45, 2.75) is 20.3 Å². The largest absolute Gasteiger partial charge is 0.481 e. The van der Waals surface area contributed by atoms with Crippen LogP contribution in [0.15, 0.2) is 18.2 Å². The van der Waals surface area contributed by atoms with E-state index in [2.05, 4.69) is 15.6 Å². The smallest absolute Gasteiger partial charge is 0.303 e. The van der Waals surface area contributed by atoms with Crippen molar-refractivity contribution in [3.8, 4) is 5.69 Å². The highest BCUT2D eigenvalue weighted by Crippen LogP contribution is 2.20. The average Bonchev–Trinajstić information content (AvgIpc) is 2.89. The summed E-state index contributed by atoms with van der Waals surface area (Å²) in [6.45, 7) is 3.57. The Morgan fingerprint density at radius 1 is 1.46 bits per heavy atom. The number of hydrogen-bond donors (Lipinski definition) is 2. The third-order valence-electron chi connectivity index (χ3n) is 3.39. The molecule has 0 fully saturated rings. The first-order chi connectivity index (χ1) is 11.3. The number of carbonyl (C=O) groups is 2. The molecule has 0 saturated heterocycles. The van der Waals surface area contributed by atoms with E-state index in [0.717, 1.165) is 0 Å². The van der Waals surface area contributed by atoms with E-state index >= 15 is 0 Å². The van der Waals surface area contributed by atoms with Crippen LogP contribution < -0.4 is 5.32 Å². The molecule has 24 heavy (non-hydrogen) atoms. The van der Waals surface area contributed by atoms with Gasteiger partial charge in [0.2, 0.25) is 0 Å². The molecule has 9 heteroatoms. The molecule has 1 aromatic heterocycles. The molecule has 0 saturated carbocycles. The highest BCUT2D eigenvalue weighted by molar-refractivity contribution is 6.30. The Balaban J connectivity index is 2.12. The zero-order valence-electron chi connectivity index (χ0n) is 13.1. The van der Waals surface area contributed by atoms with Crippen molar-refractivity contribution in [2.75, 3.05) is 6.54 Å². The molecule has 1 amide bonds. The third-order valence-corrected chi connectivity index (χ3v) is 3.68. The molecule has 1 atom stereocenters. The minimum absolute atomic E-state index is 0.0416. The average molecular weight is 355 g/mol. The van der Waals surface area contributed by atoms with E-state index in [1.807, 2.05) is 0 Å². The van der Waals surface area contributed by atoms with Crippen LogP contribution in [-0.4, -0.2) is 38.5 Å². The normalized spacial score (nSPS) is 12.0. The van der Waals surface area contributed by atoms with Gasteiger partial charge in [-0.25, -0.2) is 9.07 Å². The molecule has 2 rings (SSSR count). The number of benzene rings is 1. The number of rotatable bonds is 6. The Hall–Kier alpha value is -2.48. The topological polar surface area (TPSA) is 97.1 Å². The number of aliphatic carboxylic acids is 1. The summed E-state index contributed by atoms with van der Waals surface area (Å²) in [5, 5.41) is 19.0. The molecule has 2 aromatic rings. The monoisotopic (exact) mass is 354 g/mol. The van der Waals surface area contributed by atoms with E-state index in [-0.39, 0.29) is 29.6 Å². The van der Waals surface area contributed by atoms with Crippen molar-refractivity contribution in [1.29, 1.82) is 0 Å². The van der Waals surface area contributed by atoms with E-state index in [4.69, 9.17) is 16.7 Å². The summed E-state index contributed by atoms with van der Waals surface area (Å²) in [7, 11) is 0. The summed E-state index contributed by atoms with van der Waals surface area (Å²) < 4.78 is 14.6. The number of hydrogen-bond acceptors (Lipinski definition) is 4. The lowest BCUT2D eigenvalue weighted by molar-refractivity contribution is -0.137. The molecular formula is C15H16ClFN4O3. The zero-order valence-corrected chi connectivity index (χ0v) is 13.8. The maximum absolute atomic E-state index is 13.2. The van der Waals surface area contributed by atoms with Gasteiger partial charge in [0.05, 0.1) is 16.4 Å². The fraction of sp³-hybridized carbons (Fsp3) is 0.333. The van der Waals surface area contributed by atoms with Gasteiger partial charge in [0.25, 0.3) is 5.91 Å². The first-order valence-electron chi connectivity index (χ1n) is 7.17. The Morgan fingerprint density at radius 3 is 2.79 bits per heavy atom. The molecule has 128 valence electrons. The second kappa shape index (κ2) is 7.39. The molecule has 0 bridgehead atoms. The number of nitrogens with zero attached hydrogens (tertiary/aromatic N) is 3. The van der Waals surface area contributed by atoms with Crippen LogP contribution in [0.5, 0.6) is 0 Å². The maximum atomic E-state index is 13.2. The molecule has 7 nitrogen and oxygen atoms in total. The van der Waals surface area contributed by atoms with Gasteiger partial charge in [-0.1, -0.05) is 23.7 Å². The van der Waals surface area contributed by atoms with Crippen LogP contribution in [0, 0.1) is 18.7 Å². The molecule has 0 aliphatic rings. The fourth-order valence-corrected chi connectivity index (χ4v) is 2.30. The summed E-state index contributed by atoms with van der Waals surface area (Å²) in [4.78, 5) is 22.8. The van der Waals surface area contributed by atoms with Gasteiger partial charge in [0.15, 0.2) is 5.69 Å². The number of carbonyl (C=O) groups excluding carboxylic acids is 1. The van der Waals surface area contributed by atoms with Crippen molar-refractivity contribution >= 4 is 23.5 Å². The Morgan fingerprint density at radius 2 is 2.17 bits per heavy atom. The predicted molar refractivity (Wildman–Crippen MR) is 84.8 cm³/mol. The van der Waals surface area contributed by atoms with Gasteiger partial charge < -0.3 is 10.4 Å². The second-order valence-electron chi connectivity index (χ2n) is 5.45. The van der Waals surface area contributed by atoms with Crippen LogP contribution in [0.4, 0.5) is 4.39 Å². The van der Waals surface area contributed by atoms with Crippen molar-refractivity contribution in [2.24, 2.45) is 5.92 Å². The lowest BCUT2D eigenvalue weighted by Gasteiger charge is -2.09. The van der Waals surface area contributed by atoms with Gasteiger partial charge >= 0.3 is 5.97 Å². The summed E-state index contributed by atoms with van der Waals surface area (Å²) in [6.07, 6.45) is -0.0416. The van der Waals surface area contributed by atoms with Crippen molar-refractivity contribution in [1.82, 2.24) is 20.3 Å². The molecule has 1 aromatic carbocycles. The van der Waals surface area contributed by atoms with Crippen LogP contribution in [-0.2, 0) is 4.79 Å². The molecular weight excluding hydrogens is 339 g/mol. The molecule has 1 unspecified atom stereocenters.